The number of carbonyl (C=O) groups is 5. The van der Waals surface area contributed by atoms with E-state index in [0.717, 1.165) is 64.0 Å². The van der Waals surface area contributed by atoms with Gasteiger partial charge in [0.2, 0.25) is 11.8 Å². The number of benzene rings is 3. The Kier molecular flexibility index (Phi) is 14.3. The lowest BCUT2D eigenvalue weighted by molar-refractivity contribution is -0.135. The van der Waals surface area contributed by atoms with Gasteiger partial charge >= 0.3 is 18.2 Å². The highest BCUT2D eigenvalue weighted by Gasteiger charge is 2.38. The zero-order valence-corrected chi connectivity index (χ0v) is 36.5. The van der Waals surface area contributed by atoms with Gasteiger partial charge in [0.15, 0.2) is 0 Å². The molecule has 2 fully saturated rings. The number of hydrogen-bond acceptors (Lipinski definition) is 8. The molecule has 2 saturated heterocycles. The van der Waals surface area contributed by atoms with E-state index in [1.165, 1.54) is 7.11 Å². The van der Waals surface area contributed by atoms with E-state index in [0.29, 0.717) is 44.2 Å². The van der Waals surface area contributed by atoms with Crippen molar-refractivity contribution in [1.82, 2.24) is 51.0 Å². The van der Waals surface area contributed by atoms with Crippen molar-refractivity contribution in [2.45, 2.75) is 83.6 Å². The number of hydrogen-bond donors (Lipinski definition) is 7. The van der Waals surface area contributed by atoms with Crippen molar-refractivity contribution in [1.29, 1.82) is 0 Å². The summed E-state index contributed by atoms with van der Waals surface area (Å²) < 4.78 is 4.76. The molecule has 2 aromatic heterocycles. The van der Waals surface area contributed by atoms with Gasteiger partial charge in [0, 0.05) is 32.6 Å². The van der Waals surface area contributed by atoms with Crippen LogP contribution in [0.2, 0.25) is 0 Å². The second kappa shape index (κ2) is 20.3. The van der Waals surface area contributed by atoms with Gasteiger partial charge in [-0.25, -0.2) is 24.4 Å². The zero-order chi connectivity index (χ0) is 45.3. The molecule has 17 heteroatoms. The molecule has 4 atom stereocenters. The molecular weight excluding hydrogens is 817 g/mol. The Morgan fingerprint density at radius 1 is 0.719 bits per heavy atom. The SMILES string of the molecule is CCNC(=O)NCc1ccc(C[C@H](NC(=O)O)C(=O)N2CCC[C@H]2c2ncc(-c3ccc(-c4ccc(-c5cnc([C@@H]6CCCN6C(=O)[C@@H](NC(=O)OC)C(C)C)[nH]5)cc4)cc3)[nH]2)cc1. The smallest absolute Gasteiger partial charge is 0.407 e. The largest absolute Gasteiger partial charge is 0.465 e. The molecule has 2 aliphatic rings. The van der Waals surface area contributed by atoms with Crippen LogP contribution in [-0.4, -0.2) is 104 Å². The summed E-state index contributed by atoms with van der Waals surface area (Å²) in [7, 11) is 1.28. The summed E-state index contributed by atoms with van der Waals surface area (Å²) in [6, 6.07) is 21.2. The molecular formula is C47H56N10O7. The number of carboxylic acid groups (broad SMARTS) is 1. The molecule has 7 N–H and O–H groups in total. The summed E-state index contributed by atoms with van der Waals surface area (Å²) in [5.41, 5.74) is 7.23. The quantitative estimate of drug-likeness (QED) is 0.0605. The molecule has 64 heavy (non-hydrogen) atoms. The van der Waals surface area contributed by atoms with E-state index in [1.54, 1.807) is 22.2 Å². The average molecular weight is 873 g/mol. The molecule has 0 spiro atoms. The van der Waals surface area contributed by atoms with Crippen LogP contribution in [0.3, 0.4) is 0 Å². The molecule has 0 aliphatic carbocycles. The number of urea groups is 1. The third-order valence-corrected chi connectivity index (χ3v) is 11.9. The second-order valence-electron chi connectivity index (χ2n) is 16.5. The summed E-state index contributed by atoms with van der Waals surface area (Å²) in [5.74, 6) is 0.762. The fraction of sp³-hybridized carbons (Fsp3) is 0.383. The molecule has 6 amide bonds. The number of nitrogens with zero attached hydrogens (tertiary/aromatic N) is 4. The molecule has 4 heterocycles. The third-order valence-electron chi connectivity index (χ3n) is 11.9. The highest BCUT2D eigenvalue weighted by Crippen LogP contribution is 2.35. The van der Waals surface area contributed by atoms with Crippen LogP contribution < -0.4 is 21.3 Å². The van der Waals surface area contributed by atoms with Crippen molar-refractivity contribution >= 4 is 30.0 Å². The number of H-pyrrole nitrogens is 2. The van der Waals surface area contributed by atoms with Crippen LogP contribution in [0, 0.1) is 5.92 Å². The van der Waals surface area contributed by atoms with Crippen LogP contribution in [0.15, 0.2) is 85.2 Å². The lowest BCUT2D eigenvalue weighted by Crippen LogP contribution is -2.51. The Bertz CT molecular complexity index is 2410. The fourth-order valence-corrected chi connectivity index (χ4v) is 8.48. The first-order valence-corrected chi connectivity index (χ1v) is 21.8. The Labute approximate surface area is 371 Å². The molecule has 7 rings (SSSR count). The minimum atomic E-state index is -1.28. The maximum atomic E-state index is 14.0. The predicted molar refractivity (Wildman–Crippen MR) is 240 cm³/mol. The number of aromatic amines is 2. The molecule has 0 radical (unpaired) electrons. The van der Waals surface area contributed by atoms with E-state index in [2.05, 4.69) is 53.3 Å². The van der Waals surface area contributed by atoms with E-state index in [4.69, 9.17) is 4.74 Å². The van der Waals surface area contributed by atoms with Crippen LogP contribution >= 0.6 is 0 Å². The first-order valence-electron chi connectivity index (χ1n) is 21.8. The average Bonchev–Trinajstić information content (AvgIpc) is 4.15. The number of alkyl carbamates (subject to hydrolysis) is 1. The maximum Gasteiger partial charge on any atom is 0.407 e. The summed E-state index contributed by atoms with van der Waals surface area (Å²) in [6.45, 7) is 7.54. The molecule has 336 valence electrons. The lowest BCUT2D eigenvalue weighted by atomic mass is 10.0. The molecule has 0 saturated carbocycles. The van der Waals surface area contributed by atoms with Gasteiger partial charge in [-0.15, -0.1) is 0 Å². The highest BCUT2D eigenvalue weighted by molar-refractivity contribution is 5.87. The first kappa shape index (κ1) is 44.9. The number of methoxy groups -OCH3 is 1. The summed E-state index contributed by atoms with van der Waals surface area (Å²) in [4.78, 5) is 82.8. The predicted octanol–water partition coefficient (Wildman–Crippen LogP) is 6.54. The van der Waals surface area contributed by atoms with Crippen LogP contribution in [-0.2, 0) is 27.3 Å². The number of rotatable bonds is 15. The number of imidazole rings is 2. The van der Waals surface area contributed by atoms with Gasteiger partial charge in [-0.3, -0.25) is 9.59 Å². The molecule has 3 aromatic carbocycles. The maximum absolute atomic E-state index is 14.0. The summed E-state index contributed by atoms with van der Waals surface area (Å²) >= 11 is 0. The number of carbonyl (C=O) groups excluding carboxylic acids is 4. The number of aromatic nitrogens is 4. The third kappa shape index (κ3) is 10.5. The first-order chi connectivity index (χ1) is 30.9. The van der Waals surface area contributed by atoms with Gasteiger partial charge in [-0.1, -0.05) is 86.6 Å². The lowest BCUT2D eigenvalue weighted by Gasteiger charge is -2.30. The van der Waals surface area contributed by atoms with Crippen molar-refractivity contribution in [2.75, 3.05) is 26.7 Å². The zero-order valence-electron chi connectivity index (χ0n) is 36.5. The summed E-state index contributed by atoms with van der Waals surface area (Å²) in [6.07, 6.45) is 4.85. The monoisotopic (exact) mass is 872 g/mol. The van der Waals surface area contributed by atoms with E-state index in [1.807, 2.05) is 81.4 Å². The normalized spacial score (nSPS) is 16.9. The van der Waals surface area contributed by atoms with Crippen molar-refractivity contribution in [3.63, 3.8) is 0 Å². The van der Waals surface area contributed by atoms with Gasteiger partial charge in [-0.05, 0) is 71.9 Å². The topological polar surface area (TPSA) is 227 Å². The fourth-order valence-electron chi connectivity index (χ4n) is 8.48. The van der Waals surface area contributed by atoms with E-state index in [9.17, 15) is 29.1 Å². The molecule has 5 aromatic rings. The van der Waals surface area contributed by atoms with Crippen molar-refractivity contribution in [2.24, 2.45) is 5.92 Å². The van der Waals surface area contributed by atoms with Crippen LogP contribution in [0.25, 0.3) is 33.6 Å². The summed E-state index contributed by atoms with van der Waals surface area (Å²) in [5, 5.41) is 20.2. The number of amides is 6. The van der Waals surface area contributed by atoms with E-state index < -0.39 is 24.3 Å². The number of likely N-dealkylation sites (tertiary alicyclic amines) is 2. The van der Waals surface area contributed by atoms with Gasteiger partial charge in [0.1, 0.15) is 23.7 Å². The second-order valence-corrected chi connectivity index (χ2v) is 16.5. The molecule has 2 aliphatic heterocycles. The molecule has 17 nitrogen and oxygen atoms in total. The van der Waals surface area contributed by atoms with Crippen molar-refractivity contribution < 1.29 is 33.8 Å². The number of nitrogens with one attached hydrogen (secondary N) is 6. The van der Waals surface area contributed by atoms with E-state index >= 15 is 0 Å². The van der Waals surface area contributed by atoms with Crippen LogP contribution in [0.5, 0.6) is 0 Å². The van der Waals surface area contributed by atoms with Crippen LogP contribution in [0.1, 0.15) is 81.3 Å². The number of ether oxygens (including phenoxy) is 1. The van der Waals surface area contributed by atoms with E-state index in [-0.39, 0.29) is 42.3 Å². The van der Waals surface area contributed by atoms with Gasteiger partial charge in [0.05, 0.1) is 43.0 Å². The van der Waals surface area contributed by atoms with Gasteiger partial charge < -0.3 is 50.9 Å². The molecule has 0 bridgehead atoms. The Morgan fingerprint density at radius 3 is 1.70 bits per heavy atom. The minimum Gasteiger partial charge on any atom is -0.465 e. The highest BCUT2D eigenvalue weighted by atomic mass is 16.5. The Balaban J connectivity index is 0.974. The van der Waals surface area contributed by atoms with Gasteiger partial charge in [0.25, 0.3) is 0 Å². The Morgan fingerprint density at radius 2 is 1.22 bits per heavy atom. The Hall–Kier alpha value is -7.17. The standard InChI is InChI=1S/C47H56N10O7/c1-5-48-45(60)51-25-30-12-10-29(11-13-30)24-35(54-46(61)62)43(58)56-22-6-8-38(56)41-49-26-36(52-41)33-18-14-31(15-19-33)32-16-20-34(21-17-32)37-27-50-42(53-37)39-9-7-23-57(39)44(59)40(28(2)3)55-47(63)64-4/h10-21,26-28,35,38-40,54H,5-9,22-25H2,1-4H3,(H,49,52)(H,50,53)(H,55,63)(H,61,62)(H2,48,51,60)/t35-,38-,39-,40-/m0/s1. The van der Waals surface area contributed by atoms with Gasteiger partial charge in [-0.2, -0.15) is 0 Å². The minimum absolute atomic E-state index is 0.119. The van der Waals surface area contributed by atoms with Crippen LogP contribution in [0.4, 0.5) is 14.4 Å². The van der Waals surface area contributed by atoms with Crippen molar-refractivity contribution in [3.05, 3.63) is 108 Å². The molecule has 0 unspecified atom stereocenters. The van der Waals surface area contributed by atoms with Crippen molar-refractivity contribution in [3.8, 4) is 33.6 Å².